The first-order valence-electron chi connectivity index (χ1n) is 4.66. The third-order valence-corrected chi connectivity index (χ3v) is 2.61. The predicted octanol–water partition coefficient (Wildman–Crippen LogP) is 3.41. The minimum absolute atomic E-state index is 0.342. The number of ether oxygens (including phenoxy) is 1. The van der Waals surface area contributed by atoms with Crippen LogP contribution in [0.1, 0.15) is 6.92 Å². The van der Waals surface area contributed by atoms with Crippen molar-refractivity contribution in [1.29, 1.82) is 0 Å². The Morgan fingerprint density at radius 2 is 2.27 bits per heavy atom. The van der Waals surface area contributed by atoms with Crippen LogP contribution in [0, 0.1) is 0 Å². The summed E-state index contributed by atoms with van der Waals surface area (Å²) < 4.78 is 7.39. The number of rotatable bonds is 1. The molecule has 0 unspecified atom stereocenters. The molecule has 0 saturated carbocycles. The molecule has 0 aliphatic rings. The summed E-state index contributed by atoms with van der Waals surface area (Å²) in [6.45, 7) is 2.17. The van der Waals surface area contributed by atoms with Gasteiger partial charge in [-0.25, -0.2) is 4.79 Å². The minimum Gasteiger partial charge on any atom is -0.449 e. The summed E-state index contributed by atoms with van der Waals surface area (Å²) in [5.41, 5.74) is 0.850. The third-order valence-electron chi connectivity index (χ3n) is 2.12. The van der Waals surface area contributed by atoms with Crippen LogP contribution in [-0.2, 0) is 4.74 Å². The van der Waals surface area contributed by atoms with Gasteiger partial charge in [-0.15, -0.1) is 0 Å². The van der Waals surface area contributed by atoms with Crippen LogP contribution in [0.25, 0.3) is 10.9 Å². The highest BCUT2D eigenvalue weighted by Crippen LogP contribution is 2.20. The second-order valence-electron chi connectivity index (χ2n) is 3.09. The molecule has 0 spiro atoms. The monoisotopic (exact) mass is 267 g/mol. The number of halogens is 1. The van der Waals surface area contributed by atoms with Crippen LogP contribution in [-0.4, -0.2) is 17.3 Å². The molecule has 0 radical (unpaired) electrons. The molecule has 4 heteroatoms. The Hall–Kier alpha value is -1.29. The molecule has 78 valence electrons. The van der Waals surface area contributed by atoms with Gasteiger partial charge in [0, 0.05) is 16.1 Å². The summed E-state index contributed by atoms with van der Waals surface area (Å²) in [6.07, 6.45) is 1.38. The lowest BCUT2D eigenvalue weighted by Gasteiger charge is -2.03. The fourth-order valence-corrected chi connectivity index (χ4v) is 1.80. The zero-order valence-electron chi connectivity index (χ0n) is 8.24. The second kappa shape index (κ2) is 4.06. The summed E-state index contributed by atoms with van der Waals surface area (Å²) in [6, 6.07) is 7.68. The van der Waals surface area contributed by atoms with E-state index in [9.17, 15) is 4.79 Å². The van der Waals surface area contributed by atoms with Gasteiger partial charge in [0.25, 0.3) is 0 Å². The van der Waals surface area contributed by atoms with Gasteiger partial charge < -0.3 is 4.74 Å². The highest BCUT2D eigenvalue weighted by molar-refractivity contribution is 9.10. The largest absolute Gasteiger partial charge is 0.449 e. The molecule has 1 heterocycles. The number of hydrogen-bond donors (Lipinski definition) is 0. The number of carbonyl (C=O) groups is 1. The maximum Gasteiger partial charge on any atom is 0.418 e. The van der Waals surface area contributed by atoms with Gasteiger partial charge in [0.05, 0.1) is 12.1 Å². The molecular weight excluding hydrogens is 258 g/mol. The summed E-state index contributed by atoms with van der Waals surface area (Å²) in [5.74, 6) is 0. The maximum atomic E-state index is 11.6. The molecule has 1 aromatic heterocycles. The molecule has 0 aliphatic heterocycles. The van der Waals surface area contributed by atoms with Crippen LogP contribution < -0.4 is 0 Å². The van der Waals surface area contributed by atoms with E-state index in [4.69, 9.17) is 4.74 Å². The highest BCUT2D eigenvalue weighted by Gasteiger charge is 2.08. The van der Waals surface area contributed by atoms with E-state index in [1.165, 1.54) is 4.57 Å². The molecule has 0 fully saturated rings. The first kappa shape index (κ1) is 10.2. The van der Waals surface area contributed by atoms with Gasteiger partial charge in [-0.1, -0.05) is 22.0 Å². The van der Waals surface area contributed by atoms with Crippen molar-refractivity contribution in [2.45, 2.75) is 6.92 Å². The van der Waals surface area contributed by atoms with E-state index in [1.54, 1.807) is 13.1 Å². The molecule has 2 aromatic rings. The van der Waals surface area contributed by atoms with E-state index in [-0.39, 0.29) is 6.09 Å². The van der Waals surface area contributed by atoms with Crippen LogP contribution in [0.2, 0.25) is 0 Å². The molecule has 3 nitrogen and oxygen atoms in total. The number of aromatic nitrogens is 1. The number of fused-ring (bicyclic) bond motifs is 1. The number of nitrogens with zero attached hydrogens (tertiary/aromatic N) is 1. The van der Waals surface area contributed by atoms with Crippen molar-refractivity contribution in [2.75, 3.05) is 6.61 Å². The Bertz CT molecular complexity index is 504. The van der Waals surface area contributed by atoms with Crippen LogP contribution >= 0.6 is 15.9 Å². The van der Waals surface area contributed by atoms with E-state index in [2.05, 4.69) is 15.9 Å². The Balaban J connectivity index is 2.52. The predicted molar refractivity (Wildman–Crippen MR) is 62.1 cm³/mol. The van der Waals surface area contributed by atoms with Gasteiger partial charge in [-0.2, -0.15) is 0 Å². The van der Waals surface area contributed by atoms with Crippen LogP contribution in [0.15, 0.2) is 34.9 Å². The van der Waals surface area contributed by atoms with Crippen molar-refractivity contribution < 1.29 is 9.53 Å². The lowest BCUT2D eigenvalue weighted by atomic mass is 10.2. The summed E-state index contributed by atoms with van der Waals surface area (Å²) in [4.78, 5) is 11.6. The molecule has 0 atom stereocenters. The summed E-state index contributed by atoms with van der Waals surface area (Å²) >= 11 is 3.37. The first-order chi connectivity index (χ1) is 7.22. The average Bonchev–Trinajstić information content (AvgIpc) is 2.60. The summed E-state index contributed by atoms with van der Waals surface area (Å²) in [7, 11) is 0. The lowest BCUT2D eigenvalue weighted by molar-refractivity contribution is 0.155. The van der Waals surface area contributed by atoms with Crippen molar-refractivity contribution >= 4 is 32.9 Å². The zero-order chi connectivity index (χ0) is 10.8. The molecule has 1 aromatic carbocycles. The van der Waals surface area contributed by atoms with Crippen molar-refractivity contribution in [2.24, 2.45) is 0 Å². The molecule has 0 saturated heterocycles. The van der Waals surface area contributed by atoms with E-state index < -0.39 is 0 Å². The topological polar surface area (TPSA) is 31.2 Å². The van der Waals surface area contributed by atoms with Crippen molar-refractivity contribution in [3.05, 3.63) is 34.9 Å². The minimum atomic E-state index is -0.342. The Labute approximate surface area is 95.8 Å². The van der Waals surface area contributed by atoms with Crippen molar-refractivity contribution in [3.8, 4) is 0 Å². The van der Waals surface area contributed by atoms with E-state index in [1.807, 2.05) is 24.3 Å². The second-order valence-corrected chi connectivity index (χ2v) is 4.00. The zero-order valence-corrected chi connectivity index (χ0v) is 9.82. The van der Waals surface area contributed by atoms with Crippen LogP contribution in [0.3, 0.4) is 0 Å². The standard InChI is InChI=1S/C11H10BrNO2/c1-2-15-11(14)13-6-5-8-3-4-9(12)7-10(8)13/h3-7H,2H2,1H3. The molecule has 0 amide bonds. The van der Waals surface area contributed by atoms with Crippen LogP contribution in [0.5, 0.6) is 0 Å². The SMILES string of the molecule is CCOC(=O)n1ccc2ccc(Br)cc21. The number of carbonyl (C=O) groups excluding carboxylic acids is 1. The molecule has 15 heavy (non-hydrogen) atoms. The van der Waals surface area contributed by atoms with Crippen LogP contribution in [0.4, 0.5) is 4.79 Å². The molecule has 0 N–H and O–H groups in total. The Morgan fingerprint density at radius 1 is 1.47 bits per heavy atom. The Morgan fingerprint density at radius 3 is 3.00 bits per heavy atom. The average molecular weight is 268 g/mol. The van der Waals surface area contributed by atoms with E-state index >= 15 is 0 Å². The van der Waals surface area contributed by atoms with Gasteiger partial charge in [0.2, 0.25) is 0 Å². The van der Waals surface area contributed by atoms with E-state index in [0.717, 1.165) is 15.4 Å². The normalized spacial score (nSPS) is 10.5. The van der Waals surface area contributed by atoms with Gasteiger partial charge >= 0.3 is 6.09 Å². The first-order valence-corrected chi connectivity index (χ1v) is 5.45. The van der Waals surface area contributed by atoms with Crippen molar-refractivity contribution in [1.82, 2.24) is 4.57 Å². The number of hydrogen-bond acceptors (Lipinski definition) is 2. The molecule has 0 aliphatic carbocycles. The van der Waals surface area contributed by atoms with Gasteiger partial charge in [-0.05, 0) is 25.1 Å². The fourth-order valence-electron chi connectivity index (χ4n) is 1.45. The third kappa shape index (κ3) is 1.90. The van der Waals surface area contributed by atoms with Gasteiger partial charge in [0.15, 0.2) is 0 Å². The van der Waals surface area contributed by atoms with E-state index in [0.29, 0.717) is 6.61 Å². The molecule has 0 bridgehead atoms. The molecular formula is C11H10BrNO2. The fraction of sp³-hybridized carbons (Fsp3) is 0.182. The smallest absolute Gasteiger partial charge is 0.418 e. The molecule has 2 rings (SSSR count). The van der Waals surface area contributed by atoms with Gasteiger partial charge in [0.1, 0.15) is 0 Å². The quantitative estimate of drug-likeness (QED) is 0.793. The van der Waals surface area contributed by atoms with Crippen molar-refractivity contribution in [3.63, 3.8) is 0 Å². The lowest BCUT2D eigenvalue weighted by Crippen LogP contribution is -2.11. The Kier molecular flexibility index (Phi) is 2.77. The maximum absolute atomic E-state index is 11.6. The summed E-state index contributed by atoms with van der Waals surface area (Å²) in [5, 5.41) is 1.02. The number of benzene rings is 1. The van der Waals surface area contributed by atoms with Gasteiger partial charge in [-0.3, -0.25) is 4.57 Å². The highest BCUT2D eigenvalue weighted by atomic mass is 79.9.